The molecule has 4 rings (SSSR count). The first-order chi connectivity index (χ1) is 14.5. The maximum absolute atomic E-state index is 13.6. The normalized spacial score (nSPS) is 11.1. The highest BCUT2D eigenvalue weighted by Gasteiger charge is 2.18. The Hall–Kier alpha value is -3.25. The number of aromatic nitrogens is 2. The Morgan fingerprint density at radius 3 is 2.37 bits per heavy atom. The number of thiophene rings is 1. The zero-order chi connectivity index (χ0) is 21.3. The molecule has 0 aliphatic carbocycles. The van der Waals surface area contributed by atoms with Crippen LogP contribution >= 0.6 is 11.3 Å². The summed E-state index contributed by atoms with van der Waals surface area (Å²) in [6.07, 6.45) is 1.04. The first-order valence-electron chi connectivity index (χ1n) is 9.94. The van der Waals surface area contributed by atoms with E-state index in [-0.39, 0.29) is 18.5 Å². The van der Waals surface area contributed by atoms with Gasteiger partial charge in [-0.3, -0.25) is 14.2 Å². The van der Waals surface area contributed by atoms with Crippen molar-refractivity contribution in [1.29, 1.82) is 0 Å². The molecule has 2 aromatic carbocycles. The maximum Gasteiger partial charge on any atom is 0.263 e. The molecule has 2 aromatic heterocycles. The van der Waals surface area contributed by atoms with Gasteiger partial charge in [-0.05, 0) is 24.5 Å². The first kappa shape index (κ1) is 20.0. The Morgan fingerprint density at radius 2 is 1.73 bits per heavy atom. The van der Waals surface area contributed by atoms with Gasteiger partial charge in [0.05, 0.1) is 5.39 Å². The van der Waals surface area contributed by atoms with Crippen molar-refractivity contribution in [2.75, 3.05) is 0 Å². The monoisotopic (exact) mass is 417 g/mol. The highest BCUT2D eigenvalue weighted by molar-refractivity contribution is 7.17. The summed E-state index contributed by atoms with van der Waals surface area (Å²) in [5, 5.41) is 2.57. The van der Waals surface area contributed by atoms with E-state index in [0.717, 1.165) is 28.7 Å². The molecule has 0 fully saturated rings. The van der Waals surface area contributed by atoms with Crippen LogP contribution in [0.4, 0.5) is 0 Å². The highest BCUT2D eigenvalue weighted by Crippen LogP contribution is 2.32. The highest BCUT2D eigenvalue weighted by atomic mass is 32.1. The average Bonchev–Trinajstić information content (AvgIpc) is 3.18. The predicted octanol–water partition coefficient (Wildman–Crippen LogP) is 4.54. The number of hydrogen-bond donors (Lipinski definition) is 1. The number of carbonyl (C=O) groups excluding carboxylic acids is 1. The summed E-state index contributed by atoms with van der Waals surface area (Å²) < 4.78 is 1.58. The standard InChI is InChI=1S/C24H23N3O2S/c1-3-16-6-10-17(11-7-16)19-14-30-23-21(19)24(29)27(13-12-20(25)28)22(26-23)18-8-4-15(2)5-9-18/h4-11,14H,3,12-13H2,1-2H3,(H2,25,28). The van der Waals surface area contributed by atoms with Crippen molar-refractivity contribution in [2.45, 2.75) is 33.2 Å². The second-order valence-corrected chi connectivity index (χ2v) is 8.21. The Kier molecular flexibility index (Phi) is 5.50. The molecule has 0 radical (unpaired) electrons. The van der Waals surface area contributed by atoms with Crippen molar-refractivity contribution < 1.29 is 4.79 Å². The largest absolute Gasteiger partial charge is 0.370 e. The van der Waals surface area contributed by atoms with Crippen LogP contribution in [0.2, 0.25) is 0 Å². The lowest BCUT2D eigenvalue weighted by atomic mass is 10.0. The van der Waals surface area contributed by atoms with Crippen molar-refractivity contribution in [3.8, 4) is 22.5 Å². The van der Waals surface area contributed by atoms with Crippen molar-refractivity contribution >= 4 is 27.5 Å². The van der Waals surface area contributed by atoms with Crippen LogP contribution in [-0.2, 0) is 17.8 Å². The van der Waals surface area contributed by atoms with Crippen LogP contribution in [0.15, 0.2) is 58.7 Å². The van der Waals surface area contributed by atoms with Gasteiger partial charge in [-0.25, -0.2) is 4.98 Å². The molecular formula is C24H23N3O2S. The topological polar surface area (TPSA) is 78.0 Å². The molecule has 0 spiro atoms. The molecule has 6 heteroatoms. The lowest BCUT2D eigenvalue weighted by Gasteiger charge is -2.13. The summed E-state index contributed by atoms with van der Waals surface area (Å²) in [7, 11) is 0. The molecule has 1 amide bonds. The molecule has 0 saturated heterocycles. The number of benzene rings is 2. The summed E-state index contributed by atoms with van der Waals surface area (Å²) in [6.45, 7) is 4.32. The van der Waals surface area contributed by atoms with Crippen LogP contribution in [0.3, 0.4) is 0 Å². The number of carbonyl (C=O) groups is 1. The van der Waals surface area contributed by atoms with Crippen LogP contribution in [0.1, 0.15) is 24.5 Å². The van der Waals surface area contributed by atoms with E-state index in [0.29, 0.717) is 16.0 Å². The zero-order valence-electron chi connectivity index (χ0n) is 17.0. The van der Waals surface area contributed by atoms with Crippen LogP contribution in [0.5, 0.6) is 0 Å². The first-order valence-corrected chi connectivity index (χ1v) is 10.8. The SMILES string of the molecule is CCc1ccc(-c2csc3nc(-c4ccc(C)cc4)n(CCC(N)=O)c(=O)c23)cc1. The minimum absolute atomic E-state index is 0.0800. The number of rotatable bonds is 6. The smallest absolute Gasteiger partial charge is 0.263 e. The van der Waals surface area contributed by atoms with E-state index >= 15 is 0 Å². The van der Waals surface area contributed by atoms with E-state index in [1.54, 1.807) is 4.57 Å². The molecule has 4 aromatic rings. The minimum atomic E-state index is -0.447. The molecule has 0 unspecified atom stereocenters. The van der Waals surface area contributed by atoms with Gasteiger partial charge < -0.3 is 5.73 Å². The number of nitrogens with zero attached hydrogens (tertiary/aromatic N) is 2. The van der Waals surface area contributed by atoms with Gasteiger partial charge >= 0.3 is 0 Å². The van der Waals surface area contributed by atoms with Crippen LogP contribution in [0.25, 0.3) is 32.7 Å². The van der Waals surface area contributed by atoms with E-state index < -0.39 is 5.91 Å². The molecule has 5 nitrogen and oxygen atoms in total. The van der Waals surface area contributed by atoms with E-state index in [9.17, 15) is 9.59 Å². The van der Waals surface area contributed by atoms with Gasteiger partial charge in [-0.15, -0.1) is 11.3 Å². The van der Waals surface area contributed by atoms with Gasteiger partial charge in [0.1, 0.15) is 10.7 Å². The lowest BCUT2D eigenvalue weighted by Crippen LogP contribution is -2.26. The molecule has 2 heterocycles. The summed E-state index contributed by atoms with van der Waals surface area (Å²) in [6, 6.07) is 16.1. The van der Waals surface area contributed by atoms with Crippen molar-refractivity contribution in [3.05, 3.63) is 75.4 Å². The average molecular weight is 418 g/mol. The van der Waals surface area contributed by atoms with Crippen LogP contribution in [-0.4, -0.2) is 15.5 Å². The van der Waals surface area contributed by atoms with E-state index in [1.165, 1.54) is 16.9 Å². The molecule has 152 valence electrons. The van der Waals surface area contributed by atoms with Crippen molar-refractivity contribution in [3.63, 3.8) is 0 Å². The molecule has 0 bridgehead atoms. The van der Waals surface area contributed by atoms with Gasteiger partial charge in [-0.2, -0.15) is 0 Å². The second-order valence-electron chi connectivity index (χ2n) is 7.35. The summed E-state index contributed by atoms with van der Waals surface area (Å²) in [4.78, 5) is 30.5. The van der Waals surface area contributed by atoms with E-state index in [4.69, 9.17) is 10.7 Å². The Bertz CT molecular complexity index is 1270. The van der Waals surface area contributed by atoms with Gasteiger partial charge in [0.2, 0.25) is 5.91 Å². The maximum atomic E-state index is 13.6. The van der Waals surface area contributed by atoms with E-state index in [1.807, 2.05) is 48.7 Å². The third kappa shape index (κ3) is 3.78. The minimum Gasteiger partial charge on any atom is -0.370 e. The summed E-state index contributed by atoms with van der Waals surface area (Å²) in [5.41, 5.74) is 10.3. The van der Waals surface area contributed by atoms with E-state index in [2.05, 4.69) is 19.1 Å². The molecule has 30 heavy (non-hydrogen) atoms. The van der Waals surface area contributed by atoms with Gasteiger partial charge in [-0.1, -0.05) is 61.0 Å². The van der Waals surface area contributed by atoms with Crippen molar-refractivity contribution in [1.82, 2.24) is 9.55 Å². The van der Waals surface area contributed by atoms with Gasteiger partial charge in [0.15, 0.2) is 0 Å². The molecule has 2 N–H and O–H groups in total. The predicted molar refractivity (Wildman–Crippen MR) is 123 cm³/mol. The second kappa shape index (κ2) is 8.24. The fourth-order valence-corrected chi connectivity index (χ4v) is 4.45. The number of aryl methyl sites for hydroxylation is 2. The van der Waals surface area contributed by atoms with Gasteiger partial charge in [0, 0.05) is 29.5 Å². The molecular weight excluding hydrogens is 394 g/mol. The molecule has 0 aliphatic heterocycles. The molecule has 0 saturated carbocycles. The zero-order valence-corrected chi connectivity index (χ0v) is 17.8. The van der Waals surface area contributed by atoms with Crippen LogP contribution < -0.4 is 11.3 Å². The number of hydrogen-bond acceptors (Lipinski definition) is 4. The molecule has 0 aliphatic rings. The number of primary amides is 1. The summed E-state index contributed by atoms with van der Waals surface area (Å²) >= 11 is 1.46. The van der Waals surface area contributed by atoms with Gasteiger partial charge in [0.25, 0.3) is 5.56 Å². The third-order valence-corrected chi connectivity index (χ3v) is 6.13. The molecule has 0 atom stereocenters. The number of amides is 1. The number of nitrogens with two attached hydrogens (primary N) is 1. The quantitative estimate of drug-likeness (QED) is 0.500. The Morgan fingerprint density at radius 1 is 1.07 bits per heavy atom. The number of fused-ring (bicyclic) bond motifs is 1. The van der Waals surface area contributed by atoms with Crippen LogP contribution in [0, 0.1) is 6.92 Å². The third-order valence-electron chi connectivity index (χ3n) is 5.26. The Labute approximate surface area is 178 Å². The lowest BCUT2D eigenvalue weighted by molar-refractivity contribution is -0.118. The summed E-state index contributed by atoms with van der Waals surface area (Å²) in [5.74, 6) is 0.112. The fourth-order valence-electron chi connectivity index (χ4n) is 3.51. The Balaban J connectivity index is 1.92. The fraction of sp³-hybridized carbons (Fsp3) is 0.208. The van der Waals surface area contributed by atoms with Crippen molar-refractivity contribution in [2.24, 2.45) is 5.73 Å².